The smallest absolute Gasteiger partial charge is 0.267 e. The number of aromatic nitrogens is 3. The summed E-state index contributed by atoms with van der Waals surface area (Å²) in [5.41, 5.74) is 0.962. The molecule has 0 spiro atoms. The Morgan fingerprint density at radius 2 is 1.72 bits per heavy atom. The second-order valence-corrected chi connectivity index (χ2v) is 10.7. The van der Waals surface area contributed by atoms with Crippen molar-refractivity contribution in [2.45, 2.75) is 31.6 Å². The minimum Gasteiger partial charge on any atom is -0.354 e. The highest BCUT2D eigenvalue weighted by Crippen LogP contribution is 2.39. The number of thiazole rings is 1. The zero-order valence-corrected chi connectivity index (χ0v) is 21.1. The summed E-state index contributed by atoms with van der Waals surface area (Å²) in [6.45, 7) is 6.49. The van der Waals surface area contributed by atoms with E-state index in [0.29, 0.717) is 34.3 Å². The van der Waals surface area contributed by atoms with Crippen LogP contribution in [0.1, 0.15) is 31.7 Å². The van der Waals surface area contributed by atoms with Crippen molar-refractivity contribution in [3.8, 4) is 21.8 Å². The van der Waals surface area contributed by atoms with Gasteiger partial charge in [-0.1, -0.05) is 19.9 Å². The van der Waals surface area contributed by atoms with Gasteiger partial charge in [0.1, 0.15) is 17.5 Å². The van der Waals surface area contributed by atoms with Gasteiger partial charge in [0.25, 0.3) is 10.0 Å². The molecule has 0 saturated carbocycles. The van der Waals surface area contributed by atoms with Gasteiger partial charge in [-0.25, -0.2) is 36.5 Å². The second kappa shape index (κ2) is 10.2. The summed E-state index contributed by atoms with van der Waals surface area (Å²) in [6, 6.07) is 8.12. The van der Waals surface area contributed by atoms with Gasteiger partial charge in [0.05, 0.1) is 27.0 Å². The van der Waals surface area contributed by atoms with Gasteiger partial charge >= 0.3 is 0 Å². The molecule has 0 unspecified atom stereocenters. The fourth-order valence-electron chi connectivity index (χ4n) is 3.37. The summed E-state index contributed by atoms with van der Waals surface area (Å²) in [6.07, 6.45) is 1.60. The molecule has 0 saturated heterocycles. The Hall–Kier alpha value is -3.51. The maximum absolute atomic E-state index is 14.7. The first-order chi connectivity index (χ1) is 17.1. The van der Waals surface area contributed by atoms with E-state index in [9.17, 15) is 21.6 Å². The van der Waals surface area contributed by atoms with Crippen LogP contribution in [0.3, 0.4) is 0 Å². The largest absolute Gasteiger partial charge is 0.354 e. The molecule has 188 valence electrons. The molecule has 2 heterocycles. The molecule has 2 aromatic carbocycles. The summed E-state index contributed by atoms with van der Waals surface area (Å²) >= 11 is 1.41. The molecule has 0 bridgehead atoms. The van der Waals surface area contributed by atoms with Crippen LogP contribution in [0, 0.1) is 17.5 Å². The maximum Gasteiger partial charge on any atom is 0.267 e. The van der Waals surface area contributed by atoms with Gasteiger partial charge in [-0.05, 0) is 43.3 Å². The number of hydrogen-bond acceptors (Lipinski definition) is 7. The number of sulfonamides is 1. The molecule has 0 atom stereocenters. The molecule has 2 N–H and O–H groups in total. The molecule has 2 aromatic heterocycles. The zero-order valence-electron chi connectivity index (χ0n) is 19.5. The number of halogens is 3. The summed E-state index contributed by atoms with van der Waals surface area (Å²) in [5, 5.41) is 3.84. The van der Waals surface area contributed by atoms with Crippen molar-refractivity contribution in [3.05, 3.63) is 71.1 Å². The number of hydrogen-bond donors (Lipinski definition) is 2. The normalized spacial score (nSPS) is 11.6. The predicted octanol–water partition coefficient (Wildman–Crippen LogP) is 6.04. The van der Waals surface area contributed by atoms with Crippen molar-refractivity contribution in [3.63, 3.8) is 0 Å². The zero-order chi connectivity index (χ0) is 26.0. The average molecular weight is 534 g/mol. The van der Waals surface area contributed by atoms with Gasteiger partial charge < -0.3 is 5.32 Å². The summed E-state index contributed by atoms with van der Waals surface area (Å²) < 4.78 is 70.3. The number of nitrogens with zero attached hydrogens (tertiary/aromatic N) is 3. The molecule has 12 heteroatoms. The Morgan fingerprint density at radius 1 is 1.00 bits per heavy atom. The number of anilines is 2. The Bertz CT molecular complexity index is 1500. The van der Waals surface area contributed by atoms with Crippen LogP contribution in [-0.4, -0.2) is 29.9 Å². The van der Waals surface area contributed by atoms with Gasteiger partial charge in [-0.3, -0.25) is 4.72 Å². The van der Waals surface area contributed by atoms with Crippen LogP contribution in [0.5, 0.6) is 0 Å². The fourth-order valence-corrected chi connectivity index (χ4v) is 5.62. The van der Waals surface area contributed by atoms with Crippen molar-refractivity contribution < 1.29 is 21.6 Å². The molecular weight excluding hydrogens is 511 g/mol. The van der Waals surface area contributed by atoms with E-state index in [1.54, 1.807) is 12.3 Å². The highest BCUT2D eigenvalue weighted by Gasteiger charge is 2.26. The van der Waals surface area contributed by atoms with Crippen LogP contribution >= 0.6 is 11.3 Å². The molecule has 0 aliphatic rings. The molecule has 7 nitrogen and oxygen atoms in total. The fraction of sp³-hybridized carbons (Fsp3) is 0.208. The van der Waals surface area contributed by atoms with E-state index < -0.39 is 38.1 Å². The van der Waals surface area contributed by atoms with Gasteiger partial charge in [0.2, 0.25) is 5.95 Å². The van der Waals surface area contributed by atoms with Crippen LogP contribution in [0.2, 0.25) is 0 Å². The van der Waals surface area contributed by atoms with Gasteiger partial charge in [-0.2, -0.15) is 0 Å². The summed E-state index contributed by atoms with van der Waals surface area (Å²) in [5.74, 6) is -2.98. The quantitative estimate of drug-likeness (QED) is 0.287. The first kappa shape index (κ1) is 25.6. The Labute approximate surface area is 210 Å². The molecule has 4 aromatic rings. The number of rotatable bonds is 8. The predicted molar refractivity (Wildman–Crippen MR) is 134 cm³/mol. The molecule has 0 aliphatic heterocycles. The van der Waals surface area contributed by atoms with Crippen molar-refractivity contribution in [1.82, 2.24) is 15.0 Å². The lowest BCUT2D eigenvalue weighted by Gasteiger charge is -2.12. The Balaban J connectivity index is 1.80. The Kier molecular flexibility index (Phi) is 7.27. The van der Waals surface area contributed by atoms with E-state index in [1.807, 2.05) is 25.5 Å². The van der Waals surface area contributed by atoms with Gasteiger partial charge in [0, 0.05) is 24.2 Å². The molecular formula is C24H22F3N5O2S2. The van der Waals surface area contributed by atoms with E-state index in [0.717, 1.165) is 29.3 Å². The molecule has 36 heavy (non-hydrogen) atoms. The topological polar surface area (TPSA) is 96.9 Å². The van der Waals surface area contributed by atoms with Gasteiger partial charge in [0.15, 0.2) is 4.90 Å². The van der Waals surface area contributed by atoms with Crippen LogP contribution < -0.4 is 10.0 Å². The first-order valence-electron chi connectivity index (χ1n) is 11.0. The lowest BCUT2D eigenvalue weighted by Crippen LogP contribution is -2.17. The van der Waals surface area contributed by atoms with E-state index in [4.69, 9.17) is 4.98 Å². The maximum atomic E-state index is 14.7. The third-order valence-corrected chi connectivity index (χ3v) is 7.83. The molecule has 0 aliphatic carbocycles. The van der Waals surface area contributed by atoms with E-state index in [1.165, 1.54) is 23.5 Å². The molecule has 4 rings (SSSR count). The lowest BCUT2D eigenvalue weighted by atomic mass is 10.1. The minimum atomic E-state index is -4.77. The first-order valence-corrected chi connectivity index (χ1v) is 13.3. The van der Waals surface area contributed by atoms with Crippen molar-refractivity contribution in [2.75, 3.05) is 16.6 Å². The van der Waals surface area contributed by atoms with Crippen LogP contribution in [0.25, 0.3) is 21.8 Å². The number of benzene rings is 2. The van der Waals surface area contributed by atoms with E-state index >= 15 is 0 Å². The van der Waals surface area contributed by atoms with E-state index in [-0.39, 0.29) is 5.92 Å². The van der Waals surface area contributed by atoms with Crippen LogP contribution in [0.15, 0.2) is 53.6 Å². The molecule has 0 radical (unpaired) electrons. The van der Waals surface area contributed by atoms with Crippen molar-refractivity contribution in [2.24, 2.45) is 0 Å². The highest BCUT2D eigenvalue weighted by atomic mass is 32.2. The highest BCUT2D eigenvalue weighted by molar-refractivity contribution is 7.92. The summed E-state index contributed by atoms with van der Waals surface area (Å²) in [4.78, 5) is 12.9. The monoisotopic (exact) mass is 533 g/mol. The lowest BCUT2D eigenvalue weighted by molar-refractivity contribution is 0.521. The second-order valence-electron chi connectivity index (χ2n) is 8.03. The standard InChI is InChI=1S/C24H22F3N5O2S2/c1-4-28-24-29-11-10-18(30-24)21-20(31-23(35-21)13(2)3)14-8-9-15(25)19(12-14)32-36(33,34)22-16(26)6-5-7-17(22)27/h5-13,32H,4H2,1-3H3,(H,28,29,30). The van der Waals surface area contributed by atoms with Crippen molar-refractivity contribution >= 4 is 33.0 Å². The summed E-state index contributed by atoms with van der Waals surface area (Å²) in [7, 11) is -4.77. The van der Waals surface area contributed by atoms with Gasteiger partial charge in [-0.15, -0.1) is 11.3 Å². The Morgan fingerprint density at radius 3 is 2.39 bits per heavy atom. The third-order valence-electron chi connectivity index (χ3n) is 5.03. The average Bonchev–Trinajstić information content (AvgIpc) is 3.26. The van der Waals surface area contributed by atoms with Crippen LogP contribution in [0.4, 0.5) is 24.8 Å². The molecule has 0 amide bonds. The minimum absolute atomic E-state index is 0.0834. The molecule has 0 fully saturated rings. The third kappa shape index (κ3) is 5.19. The van der Waals surface area contributed by atoms with Crippen LogP contribution in [-0.2, 0) is 10.0 Å². The SMILES string of the molecule is CCNc1nccc(-c2sc(C(C)C)nc2-c2ccc(F)c(NS(=O)(=O)c3c(F)cccc3F)c2)n1. The van der Waals surface area contributed by atoms with E-state index in [2.05, 4.69) is 15.3 Å². The van der Waals surface area contributed by atoms with Crippen molar-refractivity contribution in [1.29, 1.82) is 0 Å². The number of nitrogens with one attached hydrogen (secondary N) is 2.